The number of anilines is 1. The molecule has 10 aromatic carbocycles. The van der Waals surface area contributed by atoms with Gasteiger partial charge in [-0.05, 0) is 242 Å². The number of nitrogens with one attached hydrogen (secondary N) is 6. The molecule has 0 aliphatic carbocycles. The molecule has 0 spiro atoms. The van der Waals surface area contributed by atoms with E-state index in [2.05, 4.69) is 39.9 Å². The van der Waals surface area contributed by atoms with E-state index >= 15 is 0 Å². The van der Waals surface area contributed by atoms with E-state index in [4.69, 9.17) is 40.9 Å². The zero-order chi connectivity index (χ0) is 102. The number of aliphatic hydroxyl groups excluding tert-OH is 1. The summed E-state index contributed by atoms with van der Waals surface area (Å²) in [5, 5.41) is 64.3. The standard InChI is InChI=1S/C20H23BrN2O3.C20H23FN2O3.C18H20N2O3.C18H19NO4.C17H18N2O3.C15H16N2O4/c1-2-3-12-23(19(24)13-15-6-10-18(21)11-7-15)14-16-4-8-17(9-5-16)20(25)22-26;1-2-3-11-23(19(24)13-16-5-4-6-18(21)12-16)14-15-7-9-17(10-8-15)20(25)22-26;1-2-20(16-6-4-3-5-7-16)17(21)13-10-14-8-11-15(12-9-14)18(22)19-23;20-12-15-3-1-14(2-4-15)11-17(21)10-7-13-5-8-16(9-6-13)18(22)19-23;1-12-8-9-18-15(10-12)11-16(20)7-4-13-2-5-14(6-3-13)17(21)19-22;1-10-8-13(17-21-10)9-14(18)7-4-11-2-5-12(6-3-11)15(19)16-20/h4-11,26H,2-3,12-14H2,1H3,(H,22,25);4-10,12,26H,2-3,11,13-14H2,1H3,(H,22,25);3-9,11-12,23H,2,10,13H2,1H3,(H,19,22);1-6,8-9,20,23H,7,10-12H2,(H,19,22);2-3,5-6,8-10,22H,4,7,11H2,1H3,(H,19,21);2-3,5-6,8,20H,4,7,9H2,1H3,(H,16,19). The molecule has 0 radical (unpaired) electrons. The van der Waals surface area contributed by atoms with Gasteiger partial charge in [0.05, 0.1) is 31.6 Å². The monoisotopic (exact) mass is 1990 g/mol. The van der Waals surface area contributed by atoms with E-state index < -0.39 is 35.4 Å². The summed E-state index contributed by atoms with van der Waals surface area (Å²) in [5.74, 6) is -2.57. The maximum Gasteiger partial charge on any atom is 0.274 e. The van der Waals surface area contributed by atoms with Gasteiger partial charge in [-0.2, -0.15) is 0 Å². The lowest BCUT2D eigenvalue weighted by Crippen LogP contribution is -2.32. The molecule has 12 aromatic rings. The summed E-state index contributed by atoms with van der Waals surface area (Å²) in [5.41, 5.74) is 24.2. The fourth-order valence-corrected chi connectivity index (χ4v) is 14.2. The van der Waals surface area contributed by atoms with Gasteiger partial charge in [0.15, 0.2) is 0 Å². The number of Topliss-reactive ketones (excluding diaryl/α,β-unsaturated/α-hetero) is 3. The zero-order valence-corrected chi connectivity index (χ0v) is 80.8. The Balaban J connectivity index is 0.000000230. The second-order valence-corrected chi connectivity index (χ2v) is 33.5. The molecule has 31 nitrogen and oxygen atoms in total. The topological polar surface area (TPSA) is 467 Å². The summed E-state index contributed by atoms with van der Waals surface area (Å²) in [6.45, 7) is 12.7. The maximum atomic E-state index is 13.3. The molecule has 9 amide bonds. The summed E-state index contributed by atoms with van der Waals surface area (Å²) in [6, 6.07) is 77.0. The van der Waals surface area contributed by atoms with Crippen molar-refractivity contribution in [1.29, 1.82) is 0 Å². The van der Waals surface area contributed by atoms with Gasteiger partial charge in [-0.1, -0.05) is 187 Å². The number of pyridine rings is 1. The highest BCUT2D eigenvalue weighted by molar-refractivity contribution is 9.10. The lowest BCUT2D eigenvalue weighted by molar-refractivity contribution is -0.132. The number of aliphatic hydroxyl groups is 1. The van der Waals surface area contributed by atoms with E-state index in [1.807, 2.05) is 110 Å². The highest BCUT2D eigenvalue weighted by Gasteiger charge is 2.21. The number of carbonyl (C=O) groups is 12. The number of hydrogen-bond donors (Lipinski definition) is 13. The van der Waals surface area contributed by atoms with E-state index in [-0.39, 0.29) is 60.3 Å². The number of benzene rings is 10. The number of amides is 9. The van der Waals surface area contributed by atoms with Crippen molar-refractivity contribution < 1.29 is 103 Å². The van der Waals surface area contributed by atoms with Crippen molar-refractivity contribution in [3.05, 3.63) is 395 Å². The van der Waals surface area contributed by atoms with E-state index in [0.717, 1.165) is 97.2 Å². The van der Waals surface area contributed by atoms with Gasteiger partial charge in [0.25, 0.3) is 35.4 Å². The molecule has 2 aromatic heterocycles. The Morgan fingerprint density at radius 2 is 0.702 bits per heavy atom. The van der Waals surface area contributed by atoms with Crippen LogP contribution in [0.25, 0.3) is 0 Å². The lowest BCUT2D eigenvalue weighted by atomic mass is 10.0. The predicted molar refractivity (Wildman–Crippen MR) is 529 cm³/mol. The molecule has 141 heavy (non-hydrogen) atoms. The number of aryl methyl sites for hydroxylation is 6. The number of carbonyl (C=O) groups excluding carboxylic acids is 12. The van der Waals surface area contributed by atoms with Crippen molar-refractivity contribution in [2.75, 3.05) is 24.5 Å². The molecule has 12 rings (SSSR count). The second kappa shape index (κ2) is 62.0. The Morgan fingerprint density at radius 1 is 0.355 bits per heavy atom. The number of hydrogen-bond acceptors (Lipinski definition) is 22. The maximum absolute atomic E-state index is 13.3. The molecule has 0 atom stereocenters. The summed E-state index contributed by atoms with van der Waals surface area (Å²) in [4.78, 5) is 151. The Labute approximate surface area is 826 Å². The van der Waals surface area contributed by atoms with Gasteiger partial charge in [-0.25, -0.2) is 37.3 Å². The minimum atomic E-state index is -0.582. The van der Waals surface area contributed by atoms with Crippen LogP contribution in [0.2, 0.25) is 0 Å². The first-order valence-corrected chi connectivity index (χ1v) is 46.5. The van der Waals surface area contributed by atoms with Crippen LogP contribution in [-0.2, 0) is 106 Å². The average molecular weight is 1990 g/mol. The Hall–Kier alpha value is -15.1. The van der Waals surface area contributed by atoms with Gasteiger partial charge in [0, 0.05) is 133 Å². The molecule has 0 unspecified atom stereocenters. The zero-order valence-electron chi connectivity index (χ0n) is 79.2. The number of aromatic nitrogens is 2. The first kappa shape index (κ1) is 113. The first-order valence-electron chi connectivity index (χ1n) is 45.7. The highest BCUT2D eigenvalue weighted by Crippen LogP contribution is 2.22. The minimum absolute atomic E-state index is 0.00146. The normalized spacial score (nSPS) is 10.3. The van der Waals surface area contributed by atoms with Crippen LogP contribution in [0.1, 0.15) is 213 Å². The van der Waals surface area contributed by atoms with Gasteiger partial charge in [0.1, 0.15) is 28.9 Å². The molecule has 33 heteroatoms. The number of ketones is 3. The number of halogens is 2. The van der Waals surface area contributed by atoms with E-state index in [1.165, 1.54) is 12.1 Å². The quantitative estimate of drug-likeness (QED) is 0.0125. The second-order valence-electron chi connectivity index (χ2n) is 32.6. The highest BCUT2D eigenvalue weighted by atomic mass is 79.9. The van der Waals surface area contributed by atoms with Crippen LogP contribution in [0.5, 0.6) is 0 Å². The molecule has 0 aliphatic rings. The molecule has 0 aliphatic heterocycles. The van der Waals surface area contributed by atoms with E-state index in [9.17, 15) is 61.9 Å². The van der Waals surface area contributed by atoms with Crippen LogP contribution < -0.4 is 37.8 Å². The molecule has 2 heterocycles. The third kappa shape index (κ3) is 41.3. The molecule has 0 fully saturated rings. The SMILES string of the molecule is CCCCN(Cc1ccc(C(=O)NO)cc1)C(=O)Cc1ccc(Br)cc1.CCCCN(Cc1ccc(C(=O)NO)cc1)C(=O)Cc1cccc(F)c1.CCN(C(=O)CCc1ccc(C(=O)NO)cc1)c1ccccc1.Cc1cc(CC(=O)CCc2ccc(C(=O)NO)cc2)no1.Cc1ccnc(CC(=O)CCc2ccc(C(=O)NO)cc2)c1.O=C(CCc1ccc(C(=O)NO)cc1)Cc1ccc(CO)cc1. The van der Waals surface area contributed by atoms with Gasteiger partial charge in [-0.3, -0.25) is 93.8 Å². The van der Waals surface area contributed by atoms with Crippen molar-refractivity contribution in [3.63, 3.8) is 0 Å². The smallest absolute Gasteiger partial charge is 0.274 e. The van der Waals surface area contributed by atoms with Crippen molar-refractivity contribution >= 4 is 92.1 Å². The van der Waals surface area contributed by atoms with Crippen molar-refractivity contribution in [1.82, 2.24) is 52.8 Å². The Kier molecular flexibility index (Phi) is 49.6. The third-order valence-corrected chi connectivity index (χ3v) is 22.4. The summed E-state index contributed by atoms with van der Waals surface area (Å²) in [7, 11) is 0. The molecular weight excluding hydrogens is 1870 g/mol. The minimum Gasteiger partial charge on any atom is -0.392 e. The third-order valence-electron chi connectivity index (χ3n) is 21.8. The molecule has 0 saturated carbocycles. The van der Waals surface area contributed by atoms with Crippen molar-refractivity contribution in [2.45, 2.75) is 163 Å². The van der Waals surface area contributed by atoms with Gasteiger partial charge in [-0.15, -0.1) is 0 Å². The van der Waals surface area contributed by atoms with Crippen molar-refractivity contribution in [3.8, 4) is 0 Å². The number of unbranched alkanes of at least 4 members (excludes halogenated alkanes) is 2. The lowest BCUT2D eigenvalue weighted by Gasteiger charge is -2.23. The van der Waals surface area contributed by atoms with Crippen LogP contribution in [0.15, 0.2) is 282 Å². The predicted octanol–water partition coefficient (Wildman–Crippen LogP) is 16.2. The van der Waals surface area contributed by atoms with Crippen LogP contribution in [0.3, 0.4) is 0 Å². The molecule has 740 valence electrons. The number of rotatable bonds is 41. The van der Waals surface area contributed by atoms with Crippen LogP contribution in [0, 0.1) is 19.7 Å². The number of para-hydroxylation sites is 1. The van der Waals surface area contributed by atoms with Crippen LogP contribution in [-0.4, -0.2) is 146 Å². The molecule has 0 bridgehead atoms. The number of hydroxylamine groups is 6. The summed E-state index contributed by atoms with van der Waals surface area (Å²) in [6.07, 6.45) is 11.1. The summed E-state index contributed by atoms with van der Waals surface area (Å²) >= 11 is 3.40. The fourth-order valence-electron chi connectivity index (χ4n) is 14.0. The van der Waals surface area contributed by atoms with Crippen LogP contribution in [0.4, 0.5) is 10.1 Å². The molecule has 13 N–H and O–H groups in total. The molecular formula is C108H119BrFN11O20. The fraction of sp³-hybridized carbons (Fsp3) is 0.259. The first-order chi connectivity index (χ1) is 68.0. The van der Waals surface area contributed by atoms with Gasteiger partial charge < -0.3 is 24.3 Å². The largest absolute Gasteiger partial charge is 0.392 e. The van der Waals surface area contributed by atoms with Crippen molar-refractivity contribution in [2.24, 2.45) is 0 Å². The number of nitrogens with zero attached hydrogens (tertiary/aromatic N) is 5. The van der Waals surface area contributed by atoms with Gasteiger partial charge in [0.2, 0.25) is 17.7 Å². The van der Waals surface area contributed by atoms with Crippen LogP contribution >= 0.6 is 15.9 Å². The average Bonchev–Trinajstić information content (AvgIpc) is 1.37. The van der Waals surface area contributed by atoms with E-state index in [0.29, 0.717) is 154 Å². The van der Waals surface area contributed by atoms with E-state index in [1.54, 1.807) is 220 Å². The molecule has 0 saturated heterocycles. The van der Waals surface area contributed by atoms with Gasteiger partial charge >= 0.3 is 0 Å². The Bertz CT molecular complexity index is 5980. The Morgan fingerprint density at radius 3 is 1.06 bits per heavy atom. The summed E-state index contributed by atoms with van der Waals surface area (Å²) < 4.78 is 19.2.